The molecule has 0 spiro atoms. The van der Waals surface area contributed by atoms with E-state index in [1.165, 1.54) is 24.3 Å². The highest BCUT2D eigenvalue weighted by atomic mass is 32.2. The van der Waals surface area contributed by atoms with E-state index in [4.69, 9.17) is 9.47 Å². The summed E-state index contributed by atoms with van der Waals surface area (Å²) in [5.74, 6) is 5.11. The zero-order valence-electron chi connectivity index (χ0n) is 20.4. The van der Waals surface area contributed by atoms with Crippen LogP contribution >= 0.6 is 0 Å². The molecule has 4 aromatic rings. The molecule has 6 heteroatoms. The Labute approximate surface area is 218 Å². The molecule has 1 atom stereocenters. The number of benzene rings is 4. The van der Waals surface area contributed by atoms with Crippen LogP contribution in [0.2, 0.25) is 0 Å². The molecule has 0 aliphatic heterocycles. The Morgan fingerprint density at radius 3 is 1.86 bits per heavy atom. The van der Waals surface area contributed by atoms with E-state index in [1.807, 2.05) is 42.5 Å². The first-order valence-corrected chi connectivity index (χ1v) is 12.8. The average Bonchev–Trinajstić information content (AvgIpc) is 2.90. The Balaban J connectivity index is 1.40. The van der Waals surface area contributed by atoms with Crippen LogP contribution in [0.1, 0.15) is 19.4 Å². The summed E-state index contributed by atoms with van der Waals surface area (Å²) in [6.07, 6.45) is 0. The van der Waals surface area contributed by atoms with Crippen LogP contribution in [0.15, 0.2) is 118 Å². The van der Waals surface area contributed by atoms with Crippen molar-refractivity contribution in [2.24, 2.45) is 0 Å². The van der Waals surface area contributed by atoms with Gasteiger partial charge in [0.2, 0.25) is 0 Å². The second-order valence-corrected chi connectivity index (χ2v) is 10.6. The molecule has 0 N–H and O–H groups in total. The maximum atomic E-state index is 13.5. The normalized spacial score (nSPS) is 11.7. The number of esters is 1. The van der Waals surface area contributed by atoms with Crippen LogP contribution in [-0.4, -0.2) is 18.2 Å². The maximum Gasteiger partial charge on any atom is 0.345 e. The van der Waals surface area contributed by atoms with Crippen molar-refractivity contribution >= 4 is 16.9 Å². The Hall–Kier alpha value is -4.08. The third-order valence-corrected chi connectivity index (χ3v) is 7.40. The van der Waals surface area contributed by atoms with Gasteiger partial charge in [0.1, 0.15) is 17.4 Å². The minimum absolute atomic E-state index is 0.274. The van der Waals surface area contributed by atoms with Crippen LogP contribution in [0.5, 0.6) is 5.75 Å². The number of hydrogen-bond donors (Lipinski definition) is 0. The third-order valence-electron chi connectivity index (χ3n) is 5.17. The fraction of sp³-hybridized carbons (Fsp3) is 0.129. The number of carbonyl (C=O) groups excluding carboxylic acids is 1. The molecule has 4 rings (SSSR count). The molecule has 37 heavy (non-hydrogen) atoms. The quantitative estimate of drug-likeness (QED) is 0.154. The Kier molecular flexibility index (Phi) is 8.27. The molecule has 0 bridgehead atoms. The van der Waals surface area contributed by atoms with Gasteiger partial charge in [0.05, 0.1) is 10.9 Å². The van der Waals surface area contributed by atoms with Gasteiger partial charge in [-0.15, -0.1) is 0 Å². The van der Waals surface area contributed by atoms with Crippen molar-refractivity contribution in [2.75, 3.05) is 6.61 Å². The first-order chi connectivity index (χ1) is 17.8. The van der Waals surface area contributed by atoms with E-state index in [0.29, 0.717) is 11.3 Å². The van der Waals surface area contributed by atoms with Crippen molar-refractivity contribution in [2.45, 2.75) is 34.1 Å². The van der Waals surface area contributed by atoms with Crippen LogP contribution in [0.25, 0.3) is 0 Å². The van der Waals surface area contributed by atoms with Crippen molar-refractivity contribution in [1.29, 1.82) is 0 Å². The predicted molar refractivity (Wildman–Crippen MR) is 140 cm³/mol. The van der Waals surface area contributed by atoms with Gasteiger partial charge in [-0.25, -0.2) is 13.6 Å². The van der Waals surface area contributed by atoms with Gasteiger partial charge in [0.15, 0.2) is 26.9 Å². The highest BCUT2D eigenvalue weighted by molar-refractivity contribution is 7.97. The summed E-state index contributed by atoms with van der Waals surface area (Å²) in [7, 11) is -0.427. The molecule has 0 saturated heterocycles. The summed E-state index contributed by atoms with van der Waals surface area (Å²) >= 11 is 0. The summed E-state index contributed by atoms with van der Waals surface area (Å²) in [5, 5.41) is 0. The Morgan fingerprint density at radius 2 is 1.27 bits per heavy atom. The molecule has 3 nitrogen and oxygen atoms in total. The first-order valence-electron chi connectivity index (χ1n) is 11.6. The SMILES string of the molecule is CC(C)(C#Cc1ccc(F)cc1)OC(=O)COc1ccc([S+](c2ccccc2)c2ccc(F)cc2)cc1. The van der Waals surface area contributed by atoms with Crippen LogP contribution in [-0.2, 0) is 20.4 Å². The van der Waals surface area contributed by atoms with Crippen LogP contribution < -0.4 is 4.74 Å². The molecule has 0 radical (unpaired) electrons. The Morgan fingerprint density at radius 1 is 0.757 bits per heavy atom. The van der Waals surface area contributed by atoms with Crippen LogP contribution in [0.3, 0.4) is 0 Å². The topological polar surface area (TPSA) is 35.5 Å². The van der Waals surface area contributed by atoms with Crippen LogP contribution in [0, 0.1) is 23.5 Å². The molecule has 4 aromatic carbocycles. The van der Waals surface area contributed by atoms with Gasteiger partial charge in [-0.2, -0.15) is 0 Å². The highest BCUT2D eigenvalue weighted by Crippen LogP contribution is 2.32. The number of hydrogen-bond acceptors (Lipinski definition) is 3. The molecule has 0 amide bonds. The lowest BCUT2D eigenvalue weighted by molar-refractivity contribution is -0.154. The summed E-state index contributed by atoms with van der Waals surface area (Å²) in [6.45, 7) is 3.08. The third kappa shape index (κ3) is 7.45. The maximum absolute atomic E-state index is 13.5. The molecule has 0 aliphatic carbocycles. The molecular weight excluding hydrogens is 490 g/mol. The molecule has 1 unspecified atom stereocenters. The van der Waals surface area contributed by atoms with Crippen molar-refractivity contribution < 1.29 is 23.0 Å². The van der Waals surface area contributed by atoms with Gasteiger partial charge in [-0.05, 0) is 98.8 Å². The number of carbonyl (C=O) groups is 1. The first kappa shape index (κ1) is 26.0. The zero-order chi connectivity index (χ0) is 26.3. The number of rotatable bonds is 7. The van der Waals surface area contributed by atoms with E-state index < -0.39 is 22.5 Å². The van der Waals surface area contributed by atoms with Gasteiger partial charge >= 0.3 is 5.97 Å². The van der Waals surface area contributed by atoms with Gasteiger partial charge in [0.25, 0.3) is 0 Å². The average molecular weight is 516 g/mol. The zero-order valence-corrected chi connectivity index (χ0v) is 21.2. The largest absolute Gasteiger partial charge is 0.482 e. The molecule has 186 valence electrons. The highest BCUT2D eigenvalue weighted by Gasteiger charge is 2.28. The van der Waals surface area contributed by atoms with Crippen LogP contribution in [0.4, 0.5) is 8.78 Å². The van der Waals surface area contributed by atoms with Gasteiger partial charge in [-0.3, -0.25) is 0 Å². The van der Waals surface area contributed by atoms with Gasteiger partial charge < -0.3 is 9.47 Å². The molecule has 0 saturated carbocycles. The fourth-order valence-electron chi connectivity index (χ4n) is 3.45. The number of ether oxygens (including phenoxy) is 2. The summed E-state index contributed by atoms with van der Waals surface area (Å²) < 4.78 is 37.7. The summed E-state index contributed by atoms with van der Waals surface area (Å²) in [6, 6.07) is 29.8. The second kappa shape index (κ2) is 11.8. The predicted octanol–water partition coefficient (Wildman–Crippen LogP) is 6.81. The number of halogens is 2. The van der Waals surface area contributed by atoms with E-state index in [1.54, 1.807) is 50.2 Å². The monoisotopic (exact) mass is 515 g/mol. The van der Waals surface area contributed by atoms with E-state index in [0.717, 1.165) is 14.7 Å². The minimum atomic E-state index is -1.04. The smallest absolute Gasteiger partial charge is 0.345 e. The summed E-state index contributed by atoms with van der Waals surface area (Å²) in [4.78, 5) is 15.5. The van der Waals surface area contributed by atoms with E-state index in [2.05, 4.69) is 11.8 Å². The molecular formula is C31H25F2O3S+. The van der Waals surface area contributed by atoms with Crippen molar-refractivity contribution in [3.63, 3.8) is 0 Å². The van der Waals surface area contributed by atoms with Gasteiger partial charge in [0, 0.05) is 5.56 Å². The van der Waals surface area contributed by atoms with E-state index >= 15 is 0 Å². The van der Waals surface area contributed by atoms with Crippen molar-refractivity contribution in [1.82, 2.24) is 0 Å². The molecule has 0 fully saturated rings. The lowest BCUT2D eigenvalue weighted by atomic mass is 10.1. The minimum Gasteiger partial charge on any atom is -0.482 e. The van der Waals surface area contributed by atoms with Crippen molar-refractivity contribution in [3.05, 3.63) is 120 Å². The summed E-state index contributed by atoms with van der Waals surface area (Å²) in [5.41, 5.74) is -0.422. The van der Waals surface area contributed by atoms with Gasteiger partial charge in [-0.1, -0.05) is 30.0 Å². The molecule has 0 heterocycles. The lowest BCUT2D eigenvalue weighted by Crippen LogP contribution is -2.29. The Bertz CT molecular complexity index is 1390. The molecule has 0 aliphatic rings. The molecule has 0 aromatic heterocycles. The fourth-order valence-corrected chi connectivity index (χ4v) is 5.51. The second-order valence-electron chi connectivity index (χ2n) is 8.57. The van der Waals surface area contributed by atoms with E-state index in [-0.39, 0.29) is 18.2 Å². The standard InChI is InChI=1S/C31H25F2O3S/c1-31(2,21-20-23-8-10-24(32)11-9-23)36-30(34)22-35-26-14-18-29(19-15-26)37(27-6-4-3-5-7-27)28-16-12-25(33)13-17-28/h3-19H,22H2,1-2H3/q+1. The van der Waals surface area contributed by atoms with E-state index in [9.17, 15) is 13.6 Å². The van der Waals surface area contributed by atoms with Crippen molar-refractivity contribution in [3.8, 4) is 17.6 Å². The lowest BCUT2D eigenvalue weighted by Gasteiger charge is -2.19.